The lowest BCUT2D eigenvalue weighted by Crippen LogP contribution is -2.40. The van der Waals surface area contributed by atoms with Crippen molar-refractivity contribution in [1.82, 2.24) is 5.32 Å². The monoisotopic (exact) mass is 409 g/mol. The lowest BCUT2D eigenvalue weighted by molar-refractivity contribution is 0.0926. The van der Waals surface area contributed by atoms with E-state index in [1.165, 1.54) is 12.1 Å². The van der Waals surface area contributed by atoms with Crippen molar-refractivity contribution in [3.05, 3.63) is 60.2 Å². The number of hydrogen-bond donors (Lipinski definition) is 3. The lowest BCUT2D eigenvalue weighted by Gasteiger charge is -2.26. The van der Waals surface area contributed by atoms with Crippen LogP contribution >= 0.6 is 12.4 Å². The molecule has 6 nitrogen and oxygen atoms in total. The van der Waals surface area contributed by atoms with Crippen molar-refractivity contribution in [2.75, 3.05) is 4.72 Å². The molecular formula is C19H24ClN3O3S. The van der Waals surface area contributed by atoms with E-state index in [9.17, 15) is 13.2 Å². The summed E-state index contributed by atoms with van der Waals surface area (Å²) in [7, 11) is -3.64. The van der Waals surface area contributed by atoms with Crippen LogP contribution in [0.5, 0.6) is 0 Å². The van der Waals surface area contributed by atoms with Gasteiger partial charge in [0.15, 0.2) is 0 Å². The van der Waals surface area contributed by atoms with Crippen molar-refractivity contribution in [1.29, 1.82) is 0 Å². The van der Waals surface area contributed by atoms with Crippen molar-refractivity contribution in [2.45, 2.75) is 42.7 Å². The first-order valence-electron chi connectivity index (χ1n) is 8.68. The number of sulfonamides is 1. The van der Waals surface area contributed by atoms with E-state index < -0.39 is 10.0 Å². The molecule has 27 heavy (non-hydrogen) atoms. The number of rotatable bonds is 5. The molecule has 1 aliphatic rings. The Hall–Kier alpha value is -2.09. The van der Waals surface area contributed by atoms with Gasteiger partial charge < -0.3 is 11.1 Å². The number of anilines is 1. The maximum Gasteiger partial charge on any atom is 0.261 e. The average Bonchev–Trinajstić information content (AvgIpc) is 2.64. The zero-order valence-electron chi connectivity index (χ0n) is 14.8. The molecule has 2 aromatic rings. The number of carbonyl (C=O) groups is 1. The van der Waals surface area contributed by atoms with Gasteiger partial charge in [-0.25, -0.2) is 8.42 Å². The highest BCUT2D eigenvalue weighted by Crippen LogP contribution is 2.19. The Morgan fingerprint density at radius 3 is 2.11 bits per heavy atom. The molecule has 146 valence electrons. The summed E-state index contributed by atoms with van der Waals surface area (Å²) in [5.74, 6) is -0.150. The van der Waals surface area contributed by atoms with Crippen molar-refractivity contribution >= 4 is 34.0 Å². The number of amides is 1. The molecule has 0 heterocycles. The van der Waals surface area contributed by atoms with Gasteiger partial charge in [-0.2, -0.15) is 0 Å². The summed E-state index contributed by atoms with van der Waals surface area (Å²) in [6.45, 7) is 0. The summed E-state index contributed by atoms with van der Waals surface area (Å²) >= 11 is 0. The number of nitrogens with two attached hydrogens (primary N) is 1. The van der Waals surface area contributed by atoms with Gasteiger partial charge >= 0.3 is 0 Å². The molecule has 1 saturated carbocycles. The molecule has 3 rings (SSSR count). The predicted molar refractivity (Wildman–Crippen MR) is 109 cm³/mol. The molecule has 0 saturated heterocycles. The van der Waals surface area contributed by atoms with E-state index in [2.05, 4.69) is 10.0 Å². The topological polar surface area (TPSA) is 101 Å². The number of benzene rings is 2. The summed E-state index contributed by atoms with van der Waals surface area (Å²) in [6, 6.07) is 14.9. The van der Waals surface area contributed by atoms with Crippen LogP contribution in [0.1, 0.15) is 36.0 Å². The van der Waals surface area contributed by atoms with Gasteiger partial charge in [0, 0.05) is 23.3 Å². The Morgan fingerprint density at radius 1 is 0.926 bits per heavy atom. The van der Waals surface area contributed by atoms with Crippen LogP contribution in [0.15, 0.2) is 59.5 Å². The molecular weight excluding hydrogens is 386 g/mol. The number of nitrogens with one attached hydrogen (secondary N) is 2. The second-order valence-corrected chi connectivity index (χ2v) is 8.26. The largest absolute Gasteiger partial charge is 0.349 e. The van der Waals surface area contributed by atoms with Crippen LogP contribution in [0.3, 0.4) is 0 Å². The molecule has 0 aromatic heterocycles. The SMILES string of the molecule is Cl.NC1CCC(NC(=O)c2ccc(NS(=O)(=O)c3ccccc3)cc2)CC1. The Labute approximate surface area is 166 Å². The van der Waals surface area contributed by atoms with E-state index in [1.54, 1.807) is 42.5 Å². The van der Waals surface area contributed by atoms with Crippen LogP contribution in [0.4, 0.5) is 5.69 Å². The van der Waals surface area contributed by atoms with Gasteiger partial charge in [-0.05, 0) is 62.1 Å². The van der Waals surface area contributed by atoms with Crippen molar-refractivity contribution < 1.29 is 13.2 Å². The predicted octanol–water partition coefficient (Wildman–Crippen LogP) is 2.91. The third-order valence-corrected chi connectivity index (χ3v) is 5.96. The molecule has 0 radical (unpaired) electrons. The molecule has 1 amide bonds. The van der Waals surface area contributed by atoms with Crippen LogP contribution in [-0.4, -0.2) is 26.4 Å². The van der Waals surface area contributed by atoms with E-state index >= 15 is 0 Å². The van der Waals surface area contributed by atoms with E-state index in [0.717, 1.165) is 25.7 Å². The van der Waals surface area contributed by atoms with Gasteiger partial charge in [-0.3, -0.25) is 9.52 Å². The third-order valence-electron chi connectivity index (χ3n) is 4.56. The first-order chi connectivity index (χ1) is 12.4. The van der Waals surface area contributed by atoms with Crippen LogP contribution in [-0.2, 0) is 10.0 Å². The smallest absolute Gasteiger partial charge is 0.261 e. The van der Waals surface area contributed by atoms with Gasteiger partial charge in [-0.1, -0.05) is 18.2 Å². The van der Waals surface area contributed by atoms with Gasteiger partial charge in [-0.15, -0.1) is 12.4 Å². The fraction of sp³-hybridized carbons (Fsp3) is 0.316. The summed E-state index contributed by atoms with van der Waals surface area (Å²) in [4.78, 5) is 12.5. The number of halogens is 1. The zero-order valence-corrected chi connectivity index (χ0v) is 16.4. The average molecular weight is 410 g/mol. The second-order valence-electron chi connectivity index (χ2n) is 6.58. The summed E-state index contributed by atoms with van der Waals surface area (Å²) in [6.07, 6.45) is 3.63. The highest BCUT2D eigenvalue weighted by Gasteiger charge is 2.20. The van der Waals surface area contributed by atoms with E-state index in [1.807, 2.05) is 0 Å². The van der Waals surface area contributed by atoms with Crippen LogP contribution in [0.2, 0.25) is 0 Å². The van der Waals surface area contributed by atoms with Crippen LogP contribution < -0.4 is 15.8 Å². The van der Waals surface area contributed by atoms with Crippen molar-refractivity contribution in [2.24, 2.45) is 5.73 Å². The molecule has 2 aromatic carbocycles. The quantitative estimate of drug-likeness (QED) is 0.706. The standard InChI is InChI=1S/C19H23N3O3S.ClH/c20-15-8-12-16(13-9-15)21-19(23)14-6-10-17(11-7-14)22-26(24,25)18-4-2-1-3-5-18;/h1-7,10-11,15-16,22H,8-9,12-13,20H2,(H,21,23);1H. The van der Waals surface area contributed by atoms with Crippen molar-refractivity contribution in [3.8, 4) is 0 Å². The first-order valence-corrected chi connectivity index (χ1v) is 10.2. The van der Waals surface area contributed by atoms with Gasteiger partial charge in [0.25, 0.3) is 15.9 Å². The van der Waals surface area contributed by atoms with E-state index in [-0.39, 0.29) is 35.3 Å². The molecule has 0 unspecified atom stereocenters. The fourth-order valence-electron chi connectivity index (χ4n) is 3.04. The van der Waals surface area contributed by atoms with Crippen LogP contribution in [0, 0.1) is 0 Å². The normalized spacial score (nSPS) is 19.6. The molecule has 0 aliphatic heterocycles. The summed E-state index contributed by atoms with van der Waals surface area (Å²) in [5.41, 5.74) is 6.79. The molecule has 1 aliphatic carbocycles. The first kappa shape index (κ1) is 21.2. The highest BCUT2D eigenvalue weighted by atomic mass is 35.5. The molecule has 0 bridgehead atoms. The lowest BCUT2D eigenvalue weighted by atomic mass is 9.91. The number of hydrogen-bond acceptors (Lipinski definition) is 4. The van der Waals surface area contributed by atoms with Crippen molar-refractivity contribution in [3.63, 3.8) is 0 Å². The van der Waals surface area contributed by atoms with Gasteiger partial charge in [0.1, 0.15) is 0 Å². The summed E-state index contributed by atoms with van der Waals surface area (Å²) in [5, 5.41) is 3.02. The molecule has 0 atom stereocenters. The number of carbonyl (C=O) groups excluding carboxylic acids is 1. The zero-order chi connectivity index (χ0) is 18.6. The Kier molecular flexibility index (Phi) is 7.24. The Morgan fingerprint density at radius 2 is 1.52 bits per heavy atom. The molecule has 8 heteroatoms. The highest BCUT2D eigenvalue weighted by molar-refractivity contribution is 7.92. The maximum absolute atomic E-state index is 12.3. The Bertz CT molecular complexity index is 850. The third kappa shape index (κ3) is 5.69. The summed E-state index contributed by atoms with van der Waals surface area (Å²) < 4.78 is 27.1. The molecule has 4 N–H and O–H groups in total. The van der Waals surface area contributed by atoms with E-state index in [0.29, 0.717) is 11.3 Å². The van der Waals surface area contributed by atoms with E-state index in [4.69, 9.17) is 5.73 Å². The minimum absolute atomic E-state index is 0. The molecule has 1 fully saturated rings. The van der Waals surface area contributed by atoms with Gasteiger partial charge in [0.2, 0.25) is 0 Å². The minimum Gasteiger partial charge on any atom is -0.349 e. The Balaban J connectivity index is 0.00000261. The maximum atomic E-state index is 12.3. The minimum atomic E-state index is -3.64. The van der Waals surface area contributed by atoms with Crippen LogP contribution in [0.25, 0.3) is 0 Å². The molecule has 0 spiro atoms. The fourth-order valence-corrected chi connectivity index (χ4v) is 4.12. The second kappa shape index (κ2) is 9.21. The van der Waals surface area contributed by atoms with Gasteiger partial charge in [0.05, 0.1) is 4.90 Å².